The number of pyridine rings is 1. The van der Waals surface area contributed by atoms with E-state index in [2.05, 4.69) is 15.3 Å². The summed E-state index contributed by atoms with van der Waals surface area (Å²) in [6.45, 7) is 6.88. The van der Waals surface area contributed by atoms with Crippen molar-refractivity contribution in [2.45, 2.75) is 32.4 Å². The van der Waals surface area contributed by atoms with Crippen molar-refractivity contribution >= 4 is 17.2 Å². The van der Waals surface area contributed by atoms with Crippen LogP contribution < -0.4 is 5.32 Å². The van der Waals surface area contributed by atoms with Crippen molar-refractivity contribution in [2.24, 2.45) is 0 Å². The predicted octanol–water partition coefficient (Wildman–Crippen LogP) is 2.35. The minimum absolute atomic E-state index is 0.0235. The Balaban J connectivity index is 1.69. The Morgan fingerprint density at radius 2 is 2.44 bits per heavy atom. The lowest BCUT2D eigenvalue weighted by molar-refractivity contribution is -0.133. The Bertz CT molecular complexity index is 691. The highest BCUT2D eigenvalue weighted by Gasteiger charge is 2.28. The van der Waals surface area contributed by atoms with E-state index in [-0.39, 0.29) is 18.1 Å². The molecule has 0 aromatic carbocycles. The first-order valence-corrected chi connectivity index (χ1v) is 9.53. The van der Waals surface area contributed by atoms with Gasteiger partial charge < -0.3 is 15.0 Å². The number of carbonyl (C=O) groups is 1. The average molecular weight is 360 g/mol. The molecule has 1 aliphatic heterocycles. The van der Waals surface area contributed by atoms with E-state index < -0.39 is 0 Å². The van der Waals surface area contributed by atoms with Crippen molar-refractivity contribution < 1.29 is 9.53 Å². The fraction of sp³-hybridized carbons (Fsp3) is 0.500. The molecule has 0 bridgehead atoms. The topological polar surface area (TPSA) is 67.3 Å². The summed E-state index contributed by atoms with van der Waals surface area (Å²) < 4.78 is 5.57. The van der Waals surface area contributed by atoms with Crippen LogP contribution in [0, 0.1) is 0 Å². The zero-order valence-corrected chi connectivity index (χ0v) is 15.5. The molecule has 2 atom stereocenters. The number of hydrogen-bond acceptors (Lipinski definition) is 6. The molecule has 1 fully saturated rings. The van der Waals surface area contributed by atoms with Crippen molar-refractivity contribution in [3.63, 3.8) is 0 Å². The van der Waals surface area contributed by atoms with Crippen LogP contribution in [0.3, 0.4) is 0 Å². The molecule has 7 heteroatoms. The summed E-state index contributed by atoms with van der Waals surface area (Å²) in [6.07, 6.45) is 3.89. The second kappa shape index (κ2) is 8.51. The molecule has 0 spiro atoms. The maximum absolute atomic E-state index is 12.9. The van der Waals surface area contributed by atoms with Crippen LogP contribution in [0.15, 0.2) is 29.9 Å². The van der Waals surface area contributed by atoms with Gasteiger partial charge in [-0.1, -0.05) is 6.07 Å². The zero-order chi connectivity index (χ0) is 17.6. The molecule has 0 radical (unpaired) electrons. The zero-order valence-electron chi connectivity index (χ0n) is 14.6. The summed E-state index contributed by atoms with van der Waals surface area (Å²) >= 11 is 1.55. The van der Waals surface area contributed by atoms with Crippen LogP contribution in [0.5, 0.6) is 0 Å². The molecule has 1 saturated heterocycles. The largest absolute Gasteiger partial charge is 0.372 e. The van der Waals surface area contributed by atoms with E-state index in [1.807, 2.05) is 42.5 Å². The lowest BCUT2D eigenvalue weighted by Gasteiger charge is -2.36. The lowest BCUT2D eigenvalue weighted by atomic mass is 10.0. The summed E-state index contributed by atoms with van der Waals surface area (Å²) in [6, 6.07) is 3.96. The predicted molar refractivity (Wildman–Crippen MR) is 97.4 cm³/mol. The number of nitrogens with one attached hydrogen (secondary N) is 1. The number of carbonyl (C=O) groups excluding carboxylic acids is 1. The molecule has 1 amide bonds. The highest BCUT2D eigenvalue weighted by atomic mass is 32.1. The fourth-order valence-electron chi connectivity index (χ4n) is 3.04. The van der Waals surface area contributed by atoms with Crippen LogP contribution in [-0.2, 0) is 16.0 Å². The summed E-state index contributed by atoms with van der Waals surface area (Å²) in [7, 11) is 0. The van der Waals surface area contributed by atoms with Gasteiger partial charge in [0.2, 0.25) is 5.91 Å². The maximum atomic E-state index is 12.9. The lowest BCUT2D eigenvalue weighted by Crippen LogP contribution is -2.49. The molecule has 1 aliphatic rings. The Kier molecular flexibility index (Phi) is 6.12. The molecule has 3 rings (SSSR count). The molecule has 2 aromatic heterocycles. The standard InChI is InChI=1S/C18H24N4O2S/c1-3-24-13(2)18-21-15(12-25-18)9-17(23)22-8-7-20-11-16(22)14-5-4-6-19-10-14/h4-6,10,12-13,16,20H,3,7-9,11H2,1-2H3. The first-order valence-electron chi connectivity index (χ1n) is 8.65. The molecule has 6 nitrogen and oxygen atoms in total. The monoisotopic (exact) mass is 360 g/mol. The van der Waals surface area contributed by atoms with Crippen LogP contribution in [0.25, 0.3) is 0 Å². The molecule has 2 unspecified atom stereocenters. The molecule has 1 N–H and O–H groups in total. The van der Waals surface area contributed by atoms with E-state index in [4.69, 9.17) is 4.74 Å². The number of hydrogen-bond donors (Lipinski definition) is 1. The van der Waals surface area contributed by atoms with Gasteiger partial charge in [-0.15, -0.1) is 11.3 Å². The Labute approximate surface area is 152 Å². The summed E-state index contributed by atoms with van der Waals surface area (Å²) in [5.41, 5.74) is 1.88. The minimum atomic E-state index is -0.0267. The van der Waals surface area contributed by atoms with Crippen LogP contribution in [0.4, 0.5) is 0 Å². The van der Waals surface area contributed by atoms with Gasteiger partial charge in [0.15, 0.2) is 0 Å². The number of aromatic nitrogens is 2. The Hall–Kier alpha value is -1.83. The second-order valence-electron chi connectivity index (χ2n) is 6.04. The summed E-state index contributed by atoms with van der Waals surface area (Å²) in [4.78, 5) is 23.6. The number of ether oxygens (including phenoxy) is 1. The smallest absolute Gasteiger partial charge is 0.229 e. The highest BCUT2D eigenvalue weighted by Crippen LogP contribution is 2.24. The van der Waals surface area contributed by atoms with Gasteiger partial charge in [-0.2, -0.15) is 0 Å². The second-order valence-corrected chi connectivity index (χ2v) is 6.93. The average Bonchev–Trinajstić information content (AvgIpc) is 3.11. The quantitative estimate of drug-likeness (QED) is 0.856. The molecule has 0 aliphatic carbocycles. The fourth-order valence-corrected chi connectivity index (χ4v) is 3.86. The van der Waals surface area contributed by atoms with Crippen molar-refractivity contribution in [1.82, 2.24) is 20.2 Å². The van der Waals surface area contributed by atoms with E-state index in [9.17, 15) is 4.79 Å². The third-order valence-corrected chi connectivity index (χ3v) is 5.35. The van der Waals surface area contributed by atoms with E-state index >= 15 is 0 Å². The van der Waals surface area contributed by atoms with Gasteiger partial charge >= 0.3 is 0 Å². The minimum Gasteiger partial charge on any atom is -0.372 e. The van der Waals surface area contributed by atoms with Crippen molar-refractivity contribution in [3.05, 3.63) is 46.2 Å². The number of rotatable bonds is 6. The summed E-state index contributed by atoms with van der Waals surface area (Å²) in [5.74, 6) is 0.108. The van der Waals surface area contributed by atoms with Crippen molar-refractivity contribution in [3.8, 4) is 0 Å². The Morgan fingerprint density at radius 1 is 1.56 bits per heavy atom. The van der Waals surface area contributed by atoms with Gasteiger partial charge in [-0.25, -0.2) is 4.98 Å². The van der Waals surface area contributed by atoms with E-state index in [0.717, 1.165) is 29.4 Å². The normalized spacial score (nSPS) is 19.0. The molecule has 25 heavy (non-hydrogen) atoms. The van der Waals surface area contributed by atoms with Gasteiger partial charge in [0, 0.05) is 44.0 Å². The van der Waals surface area contributed by atoms with Gasteiger partial charge in [-0.05, 0) is 25.5 Å². The maximum Gasteiger partial charge on any atom is 0.229 e. The highest BCUT2D eigenvalue weighted by molar-refractivity contribution is 7.09. The van der Waals surface area contributed by atoms with Crippen molar-refractivity contribution in [2.75, 3.05) is 26.2 Å². The van der Waals surface area contributed by atoms with E-state index in [1.54, 1.807) is 17.5 Å². The molecule has 3 heterocycles. The van der Waals surface area contributed by atoms with E-state index in [0.29, 0.717) is 19.6 Å². The number of piperazine rings is 1. The van der Waals surface area contributed by atoms with Crippen LogP contribution in [-0.4, -0.2) is 47.0 Å². The SMILES string of the molecule is CCOC(C)c1nc(CC(=O)N2CCNCC2c2cccnc2)cs1. The number of thiazole rings is 1. The van der Waals surface area contributed by atoms with Gasteiger partial charge in [0.05, 0.1) is 18.2 Å². The molecular formula is C18H24N4O2S. The van der Waals surface area contributed by atoms with Crippen LogP contribution in [0.1, 0.15) is 42.3 Å². The third-order valence-electron chi connectivity index (χ3n) is 4.30. The number of nitrogens with zero attached hydrogens (tertiary/aromatic N) is 3. The van der Waals surface area contributed by atoms with Crippen molar-refractivity contribution in [1.29, 1.82) is 0 Å². The van der Waals surface area contributed by atoms with Crippen LogP contribution in [0.2, 0.25) is 0 Å². The summed E-state index contributed by atoms with van der Waals surface area (Å²) in [5, 5.41) is 6.25. The first-order chi connectivity index (χ1) is 12.2. The molecular weight excluding hydrogens is 336 g/mol. The van der Waals surface area contributed by atoms with Gasteiger partial charge in [0.25, 0.3) is 0 Å². The van der Waals surface area contributed by atoms with E-state index in [1.165, 1.54) is 0 Å². The first kappa shape index (κ1) is 18.0. The molecule has 2 aromatic rings. The Morgan fingerprint density at radius 3 is 3.20 bits per heavy atom. The third kappa shape index (κ3) is 4.42. The number of amides is 1. The van der Waals surface area contributed by atoms with Gasteiger partial charge in [0.1, 0.15) is 11.1 Å². The van der Waals surface area contributed by atoms with Gasteiger partial charge in [-0.3, -0.25) is 9.78 Å². The molecule has 0 saturated carbocycles. The molecule has 134 valence electrons. The van der Waals surface area contributed by atoms with Crippen LogP contribution >= 0.6 is 11.3 Å².